The van der Waals surface area contributed by atoms with E-state index in [-0.39, 0.29) is 4.90 Å². The molecule has 0 saturated heterocycles. The molecule has 0 fully saturated rings. The lowest BCUT2D eigenvalue weighted by atomic mass is 10.2. The molecule has 0 unspecified atom stereocenters. The van der Waals surface area contributed by atoms with Gasteiger partial charge in [-0.25, -0.2) is 8.42 Å². The molecule has 0 atom stereocenters. The van der Waals surface area contributed by atoms with Crippen molar-refractivity contribution in [2.45, 2.75) is 11.8 Å². The third-order valence-corrected chi connectivity index (χ3v) is 5.91. The van der Waals surface area contributed by atoms with E-state index in [0.29, 0.717) is 22.5 Å². The molecule has 0 spiro atoms. The fourth-order valence-corrected chi connectivity index (χ4v) is 4.26. The summed E-state index contributed by atoms with van der Waals surface area (Å²) in [6.07, 6.45) is 0. The van der Waals surface area contributed by atoms with E-state index in [2.05, 4.69) is 8.75 Å². The number of aromatic nitrogens is 2. The summed E-state index contributed by atoms with van der Waals surface area (Å²) in [7, 11) is -0.762. The predicted molar refractivity (Wildman–Crippen MR) is 90.7 cm³/mol. The molecule has 120 valence electrons. The van der Waals surface area contributed by atoms with Gasteiger partial charge in [0, 0.05) is 7.05 Å². The molecule has 3 rings (SSSR count). The van der Waals surface area contributed by atoms with Gasteiger partial charge in [-0.2, -0.15) is 8.75 Å². The molecule has 6 nitrogen and oxygen atoms in total. The SMILES string of the molecule is COc1ccc(C)cc1N(C)S(=O)(=O)c1cccc2nsnc12. The summed E-state index contributed by atoms with van der Waals surface area (Å²) in [6, 6.07) is 10.3. The van der Waals surface area contributed by atoms with Gasteiger partial charge in [0.1, 0.15) is 21.7 Å². The maximum absolute atomic E-state index is 13.0. The Bertz CT molecular complexity index is 967. The summed E-state index contributed by atoms with van der Waals surface area (Å²) in [5, 5.41) is 0. The van der Waals surface area contributed by atoms with Crippen LogP contribution in [0, 0.1) is 6.92 Å². The Morgan fingerprint density at radius 2 is 1.96 bits per heavy atom. The van der Waals surface area contributed by atoms with Crippen molar-refractivity contribution in [2.75, 3.05) is 18.5 Å². The van der Waals surface area contributed by atoms with E-state index in [1.807, 2.05) is 13.0 Å². The minimum atomic E-state index is -3.78. The Morgan fingerprint density at radius 3 is 2.70 bits per heavy atom. The summed E-state index contributed by atoms with van der Waals surface area (Å²) in [5.41, 5.74) is 2.38. The third-order valence-electron chi connectivity index (χ3n) is 3.56. The highest BCUT2D eigenvalue weighted by Gasteiger charge is 2.27. The zero-order valence-electron chi connectivity index (χ0n) is 12.8. The number of fused-ring (bicyclic) bond motifs is 1. The Labute approximate surface area is 138 Å². The number of aryl methyl sites for hydroxylation is 1. The summed E-state index contributed by atoms with van der Waals surface area (Å²) in [4.78, 5) is 0.134. The van der Waals surface area contributed by atoms with Crippen LogP contribution in [0.15, 0.2) is 41.3 Å². The number of hydrogen-bond acceptors (Lipinski definition) is 6. The van der Waals surface area contributed by atoms with Crippen molar-refractivity contribution >= 4 is 38.5 Å². The Morgan fingerprint density at radius 1 is 1.17 bits per heavy atom. The van der Waals surface area contributed by atoms with E-state index in [4.69, 9.17) is 4.74 Å². The Hall–Kier alpha value is -2.19. The predicted octanol–water partition coefficient (Wildman–Crippen LogP) is 2.83. The lowest BCUT2D eigenvalue weighted by Gasteiger charge is -2.22. The van der Waals surface area contributed by atoms with E-state index in [0.717, 1.165) is 17.3 Å². The number of sulfonamides is 1. The number of anilines is 1. The maximum Gasteiger partial charge on any atom is 0.266 e. The van der Waals surface area contributed by atoms with Crippen LogP contribution in [0.2, 0.25) is 0 Å². The largest absolute Gasteiger partial charge is 0.495 e. The monoisotopic (exact) mass is 349 g/mol. The van der Waals surface area contributed by atoms with Crippen LogP contribution in [-0.4, -0.2) is 31.3 Å². The van der Waals surface area contributed by atoms with Gasteiger partial charge >= 0.3 is 0 Å². The molecule has 0 aliphatic carbocycles. The fraction of sp³-hybridized carbons (Fsp3) is 0.200. The van der Waals surface area contributed by atoms with Gasteiger partial charge in [-0.05, 0) is 36.8 Å². The van der Waals surface area contributed by atoms with Gasteiger partial charge in [0.05, 0.1) is 24.5 Å². The number of nitrogens with zero attached hydrogens (tertiary/aromatic N) is 3. The van der Waals surface area contributed by atoms with Gasteiger partial charge in [0.25, 0.3) is 10.0 Å². The van der Waals surface area contributed by atoms with Crippen LogP contribution in [0.25, 0.3) is 11.0 Å². The molecular formula is C15H15N3O3S2. The molecule has 3 aromatic rings. The summed E-state index contributed by atoms with van der Waals surface area (Å²) in [6.45, 7) is 1.90. The van der Waals surface area contributed by atoms with Crippen LogP contribution in [-0.2, 0) is 10.0 Å². The van der Waals surface area contributed by atoms with Crippen molar-refractivity contribution < 1.29 is 13.2 Å². The first kappa shape index (κ1) is 15.7. The number of benzene rings is 2. The van der Waals surface area contributed by atoms with Crippen molar-refractivity contribution in [3.05, 3.63) is 42.0 Å². The summed E-state index contributed by atoms with van der Waals surface area (Å²) >= 11 is 0.993. The number of hydrogen-bond donors (Lipinski definition) is 0. The van der Waals surface area contributed by atoms with Crippen LogP contribution >= 0.6 is 11.7 Å². The van der Waals surface area contributed by atoms with Crippen molar-refractivity contribution in [3.63, 3.8) is 0 Å². The lowest BCUT2D eigenvalue weighted by Crippen LogP contribution is -2.27. The Balaban J connectivity index is 2.17. The van der Waals surface area contributed by atoms with E-state index < -0.39 is 10.0 Å². The van der Waals surface area contributed by atoms with Crippen LogP contribution in [0.1, 0.15) is 5.56 Å². The normalized spacial score (nSPS) is 11.6. The topological polar surface area (TPSA) is 72.4 Å². The van der Waals surface area contributed by atoms with Gasteiger partial charge in [-0.3, -0.25) is 4.31 Å². The van der Waals surface area contributed by atoms with Crippen LogP contribution in [0.4, 0.5) is 5.69 Å². The molecule has 23 heavy (non-hydrogen) atoms. The quantitative estimate of drug-likeness (QED) is 0.724. The van der Waals surface area contributed by atoms with Gasteiger partial charge in [-0.15, -0.1) is 0 Å². The minimum absolute atomic E-state index is 0.134. The average Bonchev–Trinajstić information content (AvgIpc) is 3.02. The van der Waals surface area contributed by atoms with E-state index >= 15 is 0 Å². The summed E-state index contributed by atoms with van der Waals surface area (Å²) < 4.78 is 40.8. The lowest BCUT2D eigenvalue weighted by molar-refractivity contribution is 0.415. The van der Waals surface area contributed by atoms with E-state index in [1.54, 1.807) is 24.3 Å². The standard InChI is InChI=1S/C15H15N3O3S2/c1-10-7-8-13(21-3)12(9-10)18(2)23(19,20)14-6-4-5-11-15(14)17-22-16-11/h4-9H,1-3H3. The van der Waals surface area contributed by atoms with Gasteiger partial charge in [0.2, 0.25) is 0 Å². The molecule has 0 saturated carbocycles. The molecule has 0 aliphatic rings. The number of methoxy groups -OCH3 is 1. The molecule has 0 N–H and O–H groups in total. The molecule has 0 amide bonds. The second-order valence-electron chi connectivity index (χ2n) is 5.04. The molecule has 0 radical (unpaired) electrons. The number of ether oxygens (including phenoxy) is 1. The molecule has 8 heteroatoms. The van der Waals surface area contributed by atoms with Crippen molar-refractivity contribution in [1.29, 1.82) is 0 Å². The molecule has 1 aromatic heterocycles. The van der Waals surface area contributed by atoms with Crippen molar-refractivity contribution in [2.24, 2.45) is 0 Å². The third kappa shape index (κ3) is 2.64. The zero-order valence-corrected chi connectivity index (χ0v) is 14.5. The minimum Gasteiger partial charge on any atom is -0.495 e. The smallest absolute Gasteiger partial charge is 0.266 e. The second-order valence-corrected chi connectivity index (χ2v) is 7.50. The molecule has 1 heterocycles. The Kier molecular flexibility index (Phi) is 3.95. The van der Waals surface area contributed by atoms with Gasteiger partial charge in [0.15, 0.2) is 0 Å². The zero-order chi connectivity index (χ0) is 16.6. The number of rotatable bonds is 4. The molecule has 2 aromatic carbocycles. The second kappa shape index (κ2) is 5.78. The van der Waals surface area contributed by atoms with Gasteiger partial charge < -0.3 is 4.74 Å². The van der Waals surface area contributed by atoms with Crippen molar-refractivity contribution in [3.8, 4) is 5.75 Å². The summed E-state index contributed by atoms with van der Waals surface area (Å²) in [5.74, 6) is 0.491. The van der Waals surface area contributed by atoms with Crippen LogP contribution in [0.5, 0.6) is 5.75 Å². The van der Waals surface area contributed by atoms with Crippen molar-refractivity contribution in [1.82, 2.24) is 8.75 Å². The fourth-order valence-electron chi connectivity index (χ4n) is 2.31. The molecule has 0 aliphatic heterocycles. The first-order valence-corrected chi connectivity index (χ1v) is 8.97. The molecule has 0 bridgehead atoms. The highest BCUT2D eigenvalue weighted by molar-refractivity contribution is 7.93. The first-order chi connectivity index (χ1) is 10.9. The average molecular weight is 349 g/mol. The van der Waals surface area contributed by atoms with Gasteiger partial charge in [-0.1, -0.05) is 12.1 Å². The highest BCUT2D eigenvalue weighted by atomic mass is 32.2. The van der Waals surface area contributed by atoms with E-state index in [9.17, 15) is 8.42 Å². The maximum atomic E-state index is 13.0. The van der Waals surface area contributed by atoms with Crippen LogP contribution < -0.4 is 9.04 Å². The van der Waals surface area contributed by atoms with Crippen LogP contribution in [0.3, 0.4) is 0 Å². The van der Waals surface area contributed by atoms with E-state index in [1.165, 1.54) is 24.5 Å². The molecular weight excluding hydrogens is 334 g/mol. The highest BCUT2D eigenvalue weighted by Crippen LogP contribution is 2.33. The first-order valence-electron chi connectivity index (χ1n) is 6.80.